The third-order valence-electron chi connectivity index (χ3n) is 4.46. The van der Waals surface area contributed by atoms with Crippen molar-refractivity contribution in [3.63, 3.8) is 0 Å². The van der Waals surface area contributed by atoms with Gasteiger partial charge in [0.1, 0.15) is 5.82 Å². The van der Waals surface area contributed by atoms with E-state index in [0.29, 0.717) is 19.8 Å². The number of nitrogens with zero attached hydrogens (tertiary/aromatic N) is 2. The molecular formula is C17H25FN2O3. The van der Waals surface area contributed by atoms with Crippen LogP contribution in [0.5, 0.6) is 0 Å². The Morgan fingerprint density at radius 2 is 2.26 bits per heavy atom. The third-order valence-corrected chi connectivity index (χ3v) is 4.46. The van der Waals surface area contributed by atoms with Crippen molar-refractivity contribution in [1.82, 2.24) is 0 Å². The Bertz CT molecular complexity index is 523. The maximum absolute atomic E-state index is 13.4. The van der Waals surface area contributed by atoms with Crippen LogP contribution in [0.3, 0.4) is 0 Å². The molecule has 1 aromatic rings. The molecule has 128 valence electrons. The van der Waals surface area contributed by atoms with Crippen LogP contribution in [-0.4, -0.2) is 63.8 Å². The number of aliphatic hydroxyl groups excluding tert-OH is 1. The van der Waals surface area contributed by atoms with Gasteiger partial charge in [-0.25, -0.2) is 4.39 Å². The van der Waals surface area contributed by atoms with Crippen LogP contribution in [0.1, 0.15) is 12.8 Å². The summed E-state index contributed by atoms with van der Waals surface area (Å²) in [4.78, 5) is 4.13. The van der Waals surface area contributed by atoms with Gasteiger partial charge in [0, 0.05) is 33.3 Å². The smallest absolute Gasteiger partial charge is 0.125 e. The van der Waals surface area contributed by atoms with E-state index in [0.717, 1.165) is 43.9 Å². The van der Waals surface area contributed by atoms with E-state index in [9.17, 15) is 9.50 Å². The predicted octanol–water partition coefficient (Wildman–Crippen LogP) is 1.64. The Morgan fingerprint density at radius 3 is 3.04 bits per heavy atom. The molecular weight excluding hydrogens is 299 g/mol. The number of β-amino-alcohol motifs (C(OH)–C–C–N with tert-alkyl or cyclic N) is 1. The van der Waals surface area contributed by atoms with Crippen LogP contribution >= 0.6 is 0 Å². The monoisotopic (exact) mass is 324 g/mol. The lowest BCUT2D eigenvalue weighted by Crippen LogP contribution is -2.43. The molecule has 2 atom stereocenters. The van der Waals surface area contributed by atoms with Crippen LogP contribution in [-0.2, 0) is 9.47 Å². The van der Waals surface area contributed by atoms with Gasteiger partial charge in [-0.2, -0.15) is 0 Å². The van der Waals surface area contributed by atoms with Crippen molar-refractivity contribution in [3.8, 4) is 0 Å². The lowest BCUT2D eigenvalue weighted by Gasteiger charge is -2.38. The molecule has 1 fully saturated rings. The van der Waals surface area contributed by atoms with Gasteiger partial charge in [0.15, 0.2) is 0 Å². The number of rotatable bonds is 6. The molecule has 1 N–H and O–H groups in total. The second-order valence-electron chi connectivity index (χ2n) is 6.33. The fourth-order valence-corrected chi connectivity index (χ4v) is 3.19. The van der Waals surface area contributed by atoms with E-state index >= 15 is 0 Å². The lowest BCUT2D eigenvalue weighted by atomic mass is 10.1. The average Bonchev–Trinajstić information content (AvgIpc) is 3.04. The van der Waals surface area contributed by atoms with Gasteiger partial charge in [-0.3, -0.25) is 0 Å². The zero-order valence-corrected chi connectivity index (χ0v) is 13.6. The first-order valence-electron chi connectivity index (χ1n) is 8.26. The molecule has 0 aromatic heterocycles. The SMILES string of the molecule is CN1CCN(C[C@H](O)COC[C@@H]2CCCO2)c2ccc(F)cc21. The summed E-state index contributed by atoms with van der Waals surface area (Å²) in [5, 5.41) is 10.2. The van der Waals surface area contributed by atoms with Crippen molar-refractivity contribution in [2.75, 3.05) is 56.3 Å². The third kappa shape index (κ3) is 4.13. The quantitative estimate of drug-likeness (QED) is 0.862. The van der Waals surface area contributed by atoms with E-state index in [4.69, 9.17) is 9.47 Å². The van der Waals surface area contributed by atoms with E-state index in [1.54, 1.807) is 12.1 Å². The maximum atomic E-state index is 13.4. The van der Waals surface area contributed by atoms with Crippen LogP contribution in [0.25, 0.3) is 0 Å². The number of halogens is 1. The first-order chi connectivity index (χ1) is 11.1. The van der Waals surface area contributed by atoms with Crippen molar-refractivity contribution in [1.29, 1.82) is 0 Å². The Morgan fingerprint density at radius 1 is 1.39 bits per heavy atom. The summed E-state index contributed by atoms with van der Waals surface area (Å²) in [6, 6.07) is 4.79. The van der Waals surface area contributed by atoms with Crippen molar-refractivity contribution >= 4 is 11.4 Å². The van der Waals surface area contributed by atoms with E-state index in [2.05, 4.69) is 4.90 Å². The normalized spacial score (nSPS) is 22.3. The highest BCUT2D eigenvalue weighted by Crippen LogP contribution is 2.32. The van der Waals surface area contributed by atoms with Crippen LogP contribution in [0, 0.1) is 5.82 Å². The number of likely N-dealkylation sites (N-methyl/N-ethyl adjacent to an activating group) is 1. The van der Waals surface area contributed by atoms with Gasteiger partial charge in [-0.1, -0.05) is 0 Å². The number of fused-ring (bicyclic) bond motifs is 1. The maximum Gasteiger partial charge on any atom is 0.125 e. The topological polar surface area (TPSA) is 45.2 Å². The molecule has 2 heterocycles. The summed E-state index contributed by atoms with van der Waals surface area (Å²) in [5.41, 5.74) is 1.82. The van der Waals surface area contributed by atoms with Crippen molar-refractivity contribution < 1.29 is 19.0 Å². The fourth-order valence-electron chi connectivity index (χ4n) is 3.19. The number of hydrogen-bond donors (Lipinski definition) is 1. The molecule has 2 aliphatic rings. The Balaban J connectivity index is 1.52. The highest BCUT2D eigenvalue weighted by Gasteiger charge is 2.23. The highest BCUT2D eigenvalue weighted by atomic mass is 19.1. The molecule has 2 aliphatic heterocycles. The molecule has 0 aliphatic carbocycles. The molecule has 6 heteroatoms. The van der Waals surface area contributed by atoms with Crippen molar-refractivity contribution in [3.05, 3.63) is 24.0 Å². The first-order valence-corrected chi connectivity index (χ1v) is 8.26. The number of anilines is 2. The summed E-state index contributed by atoms with van der Waals surface area (Å²) in [6.45, 7) is 3.74. The minimum Gasteiger partial charge on any atom is -0.389 e. The van der Waals surface area contributed by atoms with Crippen molar-refractivity contribution in [2.24, 2.45) is 0 Å². The van der Waals surface area contributed by atoms with E-state index in [1.807, 2.05) is 11.9 Å². The molecule has 1 aromatic carbocycles. The minimum atomic E-state index is -0.572. The Hall–Kier alpha value is -1.37. The van der Waals surface area contributed by atoms with Gasteiger partial charge in [-0.15, -0.1) is 0 Å². The summed E-state index contributed by atoms with van der Waals surface area (Å²) >= 11 is 0. The number of benzene rings is 1. The molecule has 3 rings (SSSR count). The minimum absolute atomic E-state index is 0.175. The molecule has 0 spiro atoms. The summed E-state index contributed by atoms with van der Waals surface area (Å²) in [5.74, 6) is -0.238. The molecule has 0 bridgehead atoms. The summed E-state index contributed by atoms with van der Waals surface area (Å²) in [6.07, 6.45) is 1.73. The second-order valence-corrected chi connectivity index (χ2v) is 6.33. The number of hydrogen-bond acceptors (Lipinski definition) is 5. The zero-order valence-electron chi connectivity index (χ0n) is 13.6. The van der Waals surface area contributed by atoms with Gasteiger partial charge >= 0.3 is 0 Å². The molecule has 5 nitrogen and oxygen atoms in total. The number of aliphatic hydroxyl groups is 1. The zero-order chi connectivity index (χ0) is 16.2. The van der Waals surface area contributed by atoms with Gasteiger partial charge in [0.25, 0.3) is 0 Å². The van der Waals surface area contributed by atoms with Gasteiger partial charge in [0.05, 0.1) is 36.8 Å². The summed E-state index contributed by atoms with van der Waals surface area (Å²) in [7, 11) is 1.96. The molecule has 0 radical (unpaired) electrons. The second kappa shape index (κ2) is 7.47. The van der Waals surface area contributed by atoms with Gasteiger partial charge in [-0.05, 0) is 31.0 Å². The lowest BCUT2D eigenvalue weighted by molar-refractivity contribution is -0.0149. The van der Waals surface area contributed by atoms with E-state index in [1.165, 1.54) is 6.07 Å². The molecule has 0 amide bonds. The van der Waals surface area contributed by atoms with Crippen LogP contribution < -0.4 is 9.80 Å². The largest absolute Gasteiger partial charge is 0.389 e. The molecule has 1 saturated heterocycles. The van der Waals surface area contributed by atoms with Crippen LogP contribution in [0.15, 0.2) is 18.2 Å². The molecule has 0 unspecified atom stereocenters. The molecule has 23 heavy (non-hydrogen) atoms. The van der Waals surface area contributed by atoms with Crippen LogP contribution in [0.4, 0.5) is 15.8 Å². The predicted molar refractivity (Wildman–Crippen MR) is 87.7 cm³/mol. The highest BCUT2D eigenvalue weighted by molar-refractivity contribution is 5.73. The average molecular weight is 324 g/mol. The van der Waals surface area contributed by atoms with Crippen LogP contribution in [0.2, 0.25) is 0 Å². The Labute approximate surface area is 136 Å². The summed E-state index contributed by atoms with van der Waals surface area (Å²) < 4.78 is 24.5. The molecule has 0 saturated carbocycles. The van der Waals surface area contributed by atoms with E-state index in [-0.39, 0.29) is 11.9 Å². The van der Waals surface area contributed by atoms with Crippen molar-refractivity contribution in [2.45, 2.75) is 25.0 Å². The Kier molecular flexibility index (Phi) is 5.35. The fraction of sp³-hybridized carbons (Fsp3) is 0.647. The van der Waals surface area contributed by atoms with E-state index < -0.39 is 6.10 Å². The standard InChI is InChI=1S/C17H25FN2O3/c1-19-6-7-20(16-5-4-13(18)9-17(16)19)10-14(21)11-22-12-15-3-2-8-23-15/h4-5,9,14-15,21H,2-3,6-8,10-12H2,1H3/t14-,15-/m0/s1. The van der Waals surface area contributed by atoms with Gasteiger partial charge < -0.3 is 24.4 Å². The number of ether oxygens (including phenoxy) is 2. The first kappa shape index (κ1) is 16.5. The van der Waals surface area contributed by atoms with Gasteiger partial charge in [0.2, 0.25) is 0 Å².